The van der Waals surface area contributed by atoms with E-state index in [1.165, 1.54) is 0 Å². The molecule has 0 atom stereocenters. The zero-order valence-corrected chi connectivity index (χ0v) is 13.8. The zero-order chi connectivity index (χ0) is 16.9. The van der Waals surface area contributed by atoms with Crippen LogP contribution in [-0.4, -0.2) is 18.8 Å². The molecule has 0 aliphatic rings. The topological polar surface area (TPSA) is 72.7 Å². The van der Waals surface area contributed by atoms with Crippen molar-refractivity contribution < 1.29 is 18.7 Å². The van der Waals surface area contributed by atoms with Crippen LogP contribution >= 0.6 is 0 Å². The molecule has 0 aliphatic carbocycles. The maximum Gasteiger partial charge on any atom is 0.412 e. The number of hydrogen-bond acceptors (Lipinski definition) is 5. The van der Waals surface area contributed by atoms with Crippen LogP contribution in [0.1, 0.15) is 26.5 Å². The van der Waals surface area contributed by atoms with Crippen molar-refractivity contribution in [3.05, 3.63) is 42.4 Å². The molecule has 2 rings (SSSR count). The zero-order valence-electron chi connectivity index (χ0n) is 13.8. The van der Waals surface area contributed by atoms with E-state index in [9.17, 15) is 4.79 Å². The van der Waals surface area contributed by atoms with Gasteiger partial charge in [-0.05, 0) is 51.1 Å². The van der Waals surface area contributed by atoms with Gasteiger partial charge in [-0.1, -0.05) is 0 Å². The Bertz CT molecular complexity index is 645. The number of carbonyl (C=O) groups is 1. The number of rotatable bonds is 5. The molecule has 0 saturated heterocycles. The monoisotopic (exact) mass is 318 g/mol. The Morgan fingerprint density at radius 2 is 2.04 bits per heavy atom. The SMILES string of the molecule is COc1ccc(NCc2ccco2)cc1NC(=O)OC(C)(C)C. The second kappa shape index (κ2) is 7.09. The summed E-state index contributed by atoms with van der Waals surface area (Å²) in [6.45, 7) is 5.98. The lowest BCUT2D eigenvalue weighted by molar-refractivity contribution is 0.0635. The number of anilines is 2. The number of amides is 1. The minimum absolute atomic E-state index is 0.529. The number of benzene rings is 1. The molecule has 0 spiro atoms. The predicted octanol–water partition coefficient (Wildman–Crippen LogP) is 4.25. The van der Waals surface area contributed by atoms with Gasteiger partial charge in [0, 0.05) is 5.69 Å². The molecule has 0 fully saturated rings. The Morgan fingerprint density at radius 1 is 1.26 bits per heavy atom. The average Bonchev–Trinajstić information content (AvgIpc) is 2.96. The van der Waals surface area contributed by atoms with E-state index in [0.717, 1.165) is 11.4 Å². The maximum atomic E-state index is 11.9. The van der Waals surface area contributed by atoms with Gasteiger partial charge < -0.3 is 19.2 Å². The fourth-order valence-electron chi connectivity index (χ4n) is 1.93. The lowest BCUT2D eigenvalue weighted by Gasteiger charge is -2.20. The van der Waals surface area contributed by atoms with Crippen LogP contribution in [0.15, 0.2) is 41.0 Å². The highest BCUT2D eigenvalue weighted by Gasteiger charge is 2.17. The highest BCUT2D eigenvalue weighted by atomic mass is 16.6. The number of nitrogens with one attached hydrogen (secondary N) is 2. The Hall–Kier alpha value is -2.63. The number of ether oxygens (including phenoxy) is 2. The van der Waals surface area contributed by atoms with Gasteiger partial charge in [-0.25, -0.2) is 4.79 Å². The van der Waals surface area contributed by atoms with E-state index in [2.05, 4.69) is 10.6 Å². The first-order valence-electron chi connectivity index (χ1n) is 7.32. The molecule has 23 heavy (non-hydrogen) atoms. The second-order valence-corrected chi connectivity index (χ2v) is 5.97. The van der Waals surface area contributed by atoms with Gasteiger partial charge in [-0.3, -0.25) is 5.32 Å². The normalized spacial score (nSPS) is 11.0. The lowest BCUT2D eigenvalue weighted by atomic mass is 10.2. The van der Waals surface area contributed by atoms with E-state index in [1.54, 1.807) is 25.5 Å². The van der Waals surface area contributed by atoms with Gasteiger partial charge in [0.15, 0.2) is 0 Å². The fraction of sp³-hybridized carbons (Fsp3) is 0.353. The third-order valence-corrected chi connectivity index (χ3v) is 2.88. The van der Waals surface area contributed by atoms with Crippen LogP contribution in [0.4, 0.5) is 16.2 Å². The predicted molar refractivity (Wildman–Crippen MR) is 88.9 cm³/mol. The number of hydrogen-bond donors (Lipinski definition) is 2. The number of methoxy groups -OCH3 is 1. The molecule has 0 bridgehead atoms. The first kappa shape index (κ1) is 16.7. The van der Waals surface area contributed by atoms with Crippen LogP contribution in [0.2, 0.25) is 0 Å². The van der Waals surface area contributed by atoms with Gasteiger partial charge in [-0.15, -0.1) is 0 Å². The van der Waals surface area contributed by atoms with Crippen molar-refractivity contribution in [3.8, 4) is 5.75 Å². The van der Waals surface area contributed by atoms with E-state index < -0.39 is 11.7 Å². The lowest BCUT2D eigenvalue weighted by Crippen LogP contribution is -2.27. The van der Waals surface area contributed by atoms with E-state index >= 15 is 0 Å². The van der Waals surface area contributed by atoms with Crippen molar-refractivity contribution in [1.29, 1.82) is 0 Å². The Morgan fingerprint density at radius 3 is 2.65 bits per heavy atom. The summed E-state index contributed by atoms with van der Waals surface area (Å²) in [7, 11) is 1.55. The molecule has 2 aromatic rings. The summed E-state index contributed by atoms with van der Waals surface area (Å²) < 4.78 is 15.8. The molecule has 2 N–H and O–H groups in total. The quantitative estimate of drug-likeness (QED) is 0.862. The summed E-state index contributed by atoms with van der Waals surface area (Å²) in [5.41, 5.74) is 0.798. The van der Waals surface area contributed by atoms with Crippen LogP contribution in [0.3, 0.4) is 0 Å². The minimum atomic E-state index is -0.563. The smallest absolute Gasteiger partial charge is 0.412 e. The number of furan rings is 1. The molecule has 124 valence electrons. The minimum Gasteiger partial charge on any atom is -0.495 e. The van der Waals surface area contributed by atoms with Crippen LogP contribution in [0, 0.1) is 0 Å². The average molecular weight is 318 g/mol. The molecule has 6 heteroatoms. The fourth-order valence-corrected chi connectivity index (χ4v) is 1.93. The first-order valence-corrected chi connectivity index (χ1v) is 7.32. The Balaban J connectivity index is 2.07. The molecule has 1 aromatic heterocycles. The highest BCUT2D eigenvalue weighted by molar-refractivity contribution is 5.88. The van der Waals surface area contributed by atoms with Crippen molar-refractivity contribution in [2.24, 2.45) is 0 Å². The van der Waals surface area contributed by atoms with Gasteiger partial charge in [-0.2, -0.15) is 0 Å². The molecule has 0 saturated carbocycles. The van der Waals surface area contributed by atoms with Crippen LogP contribution < -0.4 is 15.4 Å². The molecule has 1 aromatic carbocycles. The standard InChI is InChI=1S/C17H22N2O4/c1-17(2,3)23-16(20)19-14-10-12(7-8-15(14)21-4)18-11-13-6-5-9-22-13/h5-10,18H,11H2,1-4H3,(H,19,20). The summed E-state index contributed by atoms with van der Waals surface area (Å²) in [4.78, 5) is 11.9. The summed E-state index contributed by atoms with van der Waals surface area (Å²) in [6.07, 6.45) is 1.10. The van der Waals surface area contributed by atoms with Crippen LogP contribution in [0.5, 0.6) is 5.75 Å². The third-order valence-electron chi connectivity index (χ3n) is 2.88. The molecular formula is C17H22N2O4. The number of carbonyl (C=O) groups excluding carboxylic acids is 1. The molecule has 1 amide bonds. The molecule has 0 unspecified atom stereocenters. The summed E-state index contributed by atoms with van der Waals surface area (Å²) >= 11 is 0. The second-order valence-electron chi connectivity index (χ2n) is 5.97. The van der Waals surface area contributed by atoms with Gasteiger partial charge in [0.2, 0.25) is 0 Å². The first-order chi connectivity index (χ1) is 10.9. The van der Waals surface area contributed by atoms with Gasteiger partial charge in [0.25, 0.3) is 0 Å². The maximum absolute atomic E-state index is 11.9. The van der Waals surface area contributed by atoms with E-state index in [1.807, 2.05) is 39.0 Å². The third kappa shape index (κ3) is 5.25. The van der Waals surface area contributed by atoms with Gasteiger partial charge in [0.1, 0.15) is 17.1 Å². The van der Waals surface area contributed by atoms with Gasteiger partial charge in [0.05, 0.1) is 25.6 Å². The van der Waals surface area contributed by atoms with Crippen molar-refractivity contribution in [2.45, 2.75) is 32.9 Å². The Kier molecular flexibility index (Phi) is 5.16. The van der Waals surface area contributed by atoms with Crippen molar-refractivity contribution in [3.63, 3.8) is 0 Å². The van der Waals surface area contributed by atoms with E-state index in [-0.39, 0.29) is 0 Å². The van der Waals surface area contributed by atoms with Crippen molar-refractivity contribution >= 4 is 17.5 Å². The van der Waals surface area contributed by atoms with E-state index in [4.69, 9.17) is 13.9 Å². The molecule has 1 heterocycles. The van der Waals surface area contributed by atoms with E-state index in [0.29, 0.717) is 18.0 Å². The van der Waals surface area contributed by atoms with Crippen molar-refractivity contribution in [1.82, 2.24) is 0 Å². The molecule has 0 aliphatic heterocycles. The highest BCUT2D eigenvalue weighted by Crippen LogP contribution is 2.28. The van der Waals surface area contributed by atoms with Gasteiger partial charge >= 0.3 is 6.09 Å². The molecule has 0 radical (unpaired) electrons. The largest absolute Gasteiger partial charge is 0.495 e. The van der Waals surface area contributed by atoms with Crippen LogP contribution in [0.25, 0.3) is 0 Å². The Labute approximate surface area is 135 Å². The van der Waals surface area contributed by atoms with Crippen LogP contribution in [-0.2, 0) is 11.3 Å². The molecule has 6 nitrogen and oxygen atoms in total. The van der Waals surface area contributed by atoms with Crippen molar-refractivity contribution in [2.75, 3.05) is 17.7 Å². The molecular weight excluding hydrogens is 296 g/mol. The summed E-state index contributed by atoms with van der Waals surface area (Å²) in [6, 6.07) is 9.14. The summed E-state index contributed by atoms with van der Waals surface area (Å²) in [5, 5.41) is 5.92. The summed E-state index contributed by atoms with van der Waals surface area (Å²) in [5.74, 6) is 1.38.